The van der Waals surface area contributed by atoms with Crippen LogP contribution in [0.15, 0.2) is 30.3 Å². The predicted molar refractivity (Wildman–Crippen MR) is 110 cm³/mol. The van der Waals surface area contributed by atoms with Crippen LogP contribution in [0.4, 0.5) is 5.13 Å². The van der Waals surface area contributed by atoms with Gasteiger partial charge in [-0.15, -0.1) is 0 Å². The average Bonchev–Trinajstić information content (AvgIpc) is 3.25. The SMILES string of the molecule is Cc1cc(C)n(CCN(C(=O)C2CCCCC2)c2nc3ccccc3s2)n1. The summed E-state index contributed by atoms with van der Waals surface area (Å²) in [5, 5.41) is 5.37. The van der Waals surface area contributed by atoms with Crippen molar-refractivity contribution >= 4 is 32.6 Å². The monoisotopic (exact) mass is 382 g/mol. The Morgan fingerprint density at radius 1 is 1.22 bits per heavy atom. The van der Waals surface area contributed by atoms with Gasteiger partial charge in [0.1, 0.15) is 0 Å². The van der Waals surface area contributed by atoms with E-state index in [0.717, 1.165) is 52.4 Å². The number of nitrogens with zero attached hydrogens (tertiary/aromatic N) is 4. The smallest absolute Gasteiger partial charge is 0.231 e. The quantitative estimate of drug-likeness (QED) is 0.641. The molecule has 0 unspecified atom stereocenters. The third-order valence-electron chi connectivity index (χ3n) is 5.37. The number of hydrogen-bond acceptors (Lipinski definition) is 4. The lowest BCUT2D eigenvalue weighted by atomic mass is 9.88. The average molecular weight is 383 g/mol. The van der Waals surface area contributed by atoms with Gasteiger partial charge in [0.25, 0.3) is 0 Å². The van der Waals surface area contributed by atoms with Crippen molar-refractivity contribution in [2.24, 2.45) is 5.92 Å². The zero-order valence-corrected chi connectivity index (χ0v) is 16.8. The molecular weight excluding hydrogens is 356 g/mol. The number of thiazole rings is 1. The lowest BCUT2D eigenvalue weighted by Crippen LogP contribution is -2.39. The number of para-hydroxylation sites is 1. The lowest BCUT2D eigenvalue weighted by molar-refractivity contribution is -0.123. The first-order chi connectivity index (χ1) is 13.1. The van der Waals surface area contributed by atoms with Crippen molar-refractivity contribution in [1.82, 2.24) is 14.8 Å². The zero-order chi connectivity index (χ0) is 18.8. The number of rotatable bonds is 5. The van der Waals surface area contributed by atoms with E-state index >= 15 is 0 Å². The molecular formula is C21H26N4OS. The van der Waals surface area contributed by atoms with Gasteiger partial charge in [-0.2, -0.15) is 5.10 Å². The van der Waals surface area contributed by atoms with E-state index < -0.39 is 0 Å². The Kier molecular flexibility index (Phi) is 5.25. The predicted octanol–water partition coefficient (Wildman–Crippen LogP) is 4.72. The summed E-state index contributed by atoms with van der Waals surface area (Å²) >= 11 is 1.61. The molecule has 27 heavy (non-hydrogen) atoms. The van der Waals surface area contributed by atoms with Gasteiger partial charge in [0, 0.05) is 18.2 Å². The van der Waals surface area contributed by atoms with Crippen LogP contribution in [0.3, 0.4) is 0 Å². The Morgan fingerprint density at radius 2 is 2.00 bits per heavy atom. The molecule has 1 amide bonds. The standard InChI is InChI=1S/C21H26N4OS/c1-15-14-16(2)25(23-15)13-12-24(20(26)17-8-4-3-5-9-17)21-22-18-10-6-7-11-19(18)27-21/h6-7,10-11,14,17H,3-5,8-9,12-13H2,1-2H3. The first-order valence-electron chi connectivity index (χ1n) is 9.80. The minimum Gasteiger partial charge on any atom is -0.286 e. The second-order valence-electron chi connectivity index (χ2n) is 7.44. The van der Waals surface area contributed by atoms with Gasteiger partial charge in [-0.05, 0) is 44.9 Å². The van der Waals surface area contributed by atoms with E-state index in [9.17, 15) is 4.79 Å². The molecule has 142 valence electrons. The molecule has 1 aliphatic carbocycles. The van der Waals surface area contributed by atoms with Gasteiger partial charge in [-0.3, -0.25) is 14.4 Å². The van der Waals surface area contributed by atoms with Crippen molar-refractivity contribution in [3.05, 3.63) is 41.7 Å². The first-order valence-corrected chi connectivity index (χ1v) is 10.6. The first kappa shape index (κ1) is 18.2. The van der Waals surface area contributed by atoms with Crippen LogP contribution in [0.1, 0.15) is 43.5 Å². The summed E-state index contributed by atoms with van der Waals surface area (Å²) in [5.74, 6) is 0.363. The minimum absolute atomic E-state index is 0.131. The molecule has 1 fully saturated rings. The molecule has 5 nitrogen and oxygen atoms in total. The molecule has 0 radical (unpaired) electrons. The number of benzene rings is 1. The molecule has 0 atom stereocenters. The maximum absolute atomic E-state index is 13.3. The molecule has 0 spiro atoms. The highest BCUT2D eigenvalue weighted by atomic mass is 32.1. The molecule has 0 bridgehead atoms. The van der Waals surface area contributed by atoms with E-state index in [0.29, 0.717) is 13.1 Å². The number of aromatic nitrogens is 3. The summed E-state index contributed by atoms with van der Waals surface area (Å²) in [6.45, 7) is 5.36. The largest absolute Gasteiger partial charge is 0.286 e. The molecule has 2 heterocycles. The van der Waals surface area contributed by atoms with Crippen LogP contribution in [0.2, 0.25) is 0 Å². The van der Waals surface area contributed by atoms with Gasteiger partial charge in [-0.25, -0.2) is 4.98 Å². The number of aryl methyl sites for hydroxylation is 2. The van der Waals surface area contributed by atoms with Crippen molar-refractivity contribution in [2.75, 3.05) is 11.4 Å². The Hall–Kier alpha value is -2.21. The number of fused-ring (bicyclic) bond motifs is 1. The van der Waals surface area contributed by atoms with E-state index in [-0.39, 0.29) is 11.8 Å². The summed E-state index contributed by atoms with van der Waals surface area (Å²) in [6, 6.07) is 10.2. The van der Waals surface area contributed by atoms with Gasteiger partial charge >= 0.3 is 0 Å². The van der Waals surface area contributed by atoms with Gasteiger partial charge in [0.15, 0.2) is 5.13 Å². The van der Waals surface area contributed by atoms with Crippen LogP contribution < -0.4 is 4.90 Å². The van der Waals surface area contributed by atoms with Crippen LogP contribution in [-0.4, -0.2) is 27.2 Å². The van der Waals surface area contributed by atoms with Crippen LogP contribution in [0.5, 0.6) is 0 Å². The normalized spacial score (nSPS) is 15.3. The number of hydrogen-bond donors (Lipinski definition) is 0. The zero-order valence-electron chi connectivity index (χ0n) is 16.0. The van der Waals surface area contributed by atoms with Crippen molar-refractivity contribution in [3.63, 3.8) is 0 Å². The highest BCUT2D eigenvalue weighted by Gasteiger charge is 2.28. The number of amides is 1. The molecule has 1 aromatic carbocycles. The molecule has 2 aromatic heterocycles. The van der Waals surface area contributed by atoms with Gasteiger partial charge < -0.3 is 0 Å². The fourth-order valence-corrected chi connectivity index (χ4v) is 4.94. The van der Waals surface area contributed by atoms with Crippen molar-refractivity contribution < 1.29 is 4.79 Å². The maximum Gasteiger partial charge on any atom is 0.231 e. The number of carbonyl (C=O) groups excluding carboxylic acids is 1. The molecule has 0 saturated heterocycles. The highest BCUT2D eigenvalue weighted by molar-refractivity contribution is 7.22. The van der Waals surface area contributed by atoms with Crippen LogP contribution in [0, 0.1) is 19.8 Å². The van der Waals surface area contributed by atoms with Crippen molar-refractivity contribution in [3.8, 4) is 0 Å². The number of carbonyl (C=O) groups is 1. The molecule has 3 aromatic rings. The lowest BCUT2D eigenvalue weighted by Gasteiger charge is -2.27. The van der Waals surface area contributed by atoms with E-state index in [2.05, 4.69) is 24.2 Å². The van der Waals surface area contributed by atoms with Gasteiger partial charge in [0.2, 0.25) is 5.91 Å². The Balaban J connectivity index is 1.61. The molecule has 6 heteroatoms. The fraction of sp³-hybridized carbons (Fsp3) is 0.476. The van der Waals surface area contributed by atoms with Crippen LogP contribution in [-0.2, 0) is 11.3 Å². The fourth-order valence-electron chi connectivity index (χ4n) is 3.94. The van der Waals surface area contributed by atoms with E-state index in [1.165, 1.54) is 6.42 Å². The van der Waals surface area contributed by atoms with Gasteiger partial charge in [-0.1, -0.05) is 42.7 Å². The third-order valence-corrected chi connectivity index (χ3v) is 6.43. The Bertz CT molecular complexity index is 906. The molecule has 0 aliphatic heterocycles. The maximum atomic E-state index is 13.3. The van der Waals surface area contributed by atoms with E-state index in [4.69, 9.17) is 4.98 Å². The molecule has 1 saturated carbocycles. The van der Waals surface area contributed by atoms with Gasteiger partial charge in [0.05, 0.1) is 22.5 Å². The summed E-state index contributed by atoms with van der Waals surface area (Å²) in [6.07, 6.45) is 5.56. The molecule has 1 aliphatic rings. The molecule has 4 rings (SSSR count). The van der Waals surface area contributed by atoms with Crippen molar-refractivity contribution in [1.29, 1.82) is 0 Å². The summed E-state index contributed by atoms with van der Waals surface area (Å²) in [5.41, 5.74) is 3.10. The molecule has 0 N–H and O–H groups in total. The Labute approximate surface area is 164 Å². The second kappa shape index (κ2) is 7.80. The summed E-state index contributed by atoms with van der Waals surface area (Å²) < 4.78 is 3.11. The number of anilines is 1. The highest BCUT2D eigenvalue weighted by Crippen LogP contribution is 2.32. The van der Waals surface area contributed by atoms with Crippen LogP contribution >= 0.6 is 11.3 Å². The summed E-state index contributed by atoms with van der Waals surface area (Å²) in [7, 11) is 0. The second-order valence-corrected chi connectivity index (χ2v) is 8.45. The third kappa shape index (κ3) is 3.90. The van der Waals surface area contributed by atoms with Crippen LogP contribution in [0.25, 0.3) is 10.2 Å². The summed E-state index contributed by atoms with van der Waals surface area (Å²) in [4.78, 5) is 20.0. The van der Waals surface area contributed by atoms with Crippen molar-refractivity contribution in [2.45, 2.75) is 52.5 Å². The minimum atomic E-state index is 0.131. The topological polar surface area (TPSA) is 51.0 Å². The Morgan fingerprint density at radius 3 is 2.70 bits per heavy atom. The van der Waals surface area contributed by atoms with E-state index in [1.54, 1.807) is 11.3 Å². The van der Waals surface area contributed by atoms with E-state index in [1.807, 2.05) is 34.7 Å².